The zero-order valence-corrected chi connectivity index (χ0v) is 19.4. The molecule has 0 saturated carbocycles. The molecule has 0 spiro atoms. The Morgan fingerprint density at radius 2 is 1.09 bits per heavy atom. The summed E-state index contributed by atoms with van der Waals surface area (Å²) in [6.45, 7) is 1.21. The molecule has 2 rings (SSSR count). The van der Waals surface area contributed by atoms with Crippen LogP contribution in [0.1, 0.15) is 18.1 Å². The second-order valence-corrected chi connectivity index (χ2v) is 7.57. The van der Waals surface area contributed by atoms with Crippen molar-refractivity contribution in [3.05, 3.63) is 59.7 Å². The van der Waals surface area contributed by atoms with E-state index >= 15 is 0 Å². The molecule has 0 aliphatic heterocycles. The lowest BCUT2D eigenvalue weighted by atomic mass is 10.2. The Kier molecular flexibility index (Phi) is 9.10. The van der Waals surface area contributed by atoms with Crippen LogP contribution in [0.5, 0.6) is 0 Å². The van der Waals surface area contributed by atoms with Gasteiger partial charge >= 0.3 is 0 Å². The second kappa shape index (κ2) is 12.0. The van der Waals surface area contributed by atoms with E-state index < -0.39 is 23.8 Å². The van der Waals surface area contributed by atoms with Gasteiger partial charge in [-0.1, -0.05) is 24.3 Å². The van der Waals surface area contributed by atoms with Crippen LogP contribution in [0.25, 0.3) is 0 Å². The monoisotopic (exact) mass is 451 g/mol. The van der Waals surface area contributed by atoms with E-state index in [1.165, 1.54) is 19.4 Å². The van der Waals surface area contributed by atoms with Crippen molar-refractivity contribution in [3.63, 3.8) is 0 Å². The minimum absolute atomic E-state index is 0.545. The van der Waals surface area contributed by atoms with Gasteiger partial charge < -0.3 is 15.1 Å². The highest BCUT2D eigenvalue weighted by Gasteiger charge is 2.27. The van der Waals surface area contributed by atoms with Crippen LogP contribution in [0.2, 0.25) is 0 Å². The lowest BCUT2D eigenvalue weighted by Crippen LogP contribution is -2.53. The van der Waals surface area contributed by atoms with Crippen molar-refractivity contribution in [1.29, 1.82) is 0 Å². The molecule has 174 valence electrons. The van der Waals surface area contributed by atoms with Crippen molar-refractivity contribution in [1.82, 2.24) is 16.2 Å². The number of rotatable bonds is 9. The first-order chi connectivity index (χ1) is 15.7. The number of hydrogen-bond acceptors (Lipinski definition) is 7. The summed E-state index contributed by atoms with van der Waals surface area (Å²) in [7, 11) is 7.73. The zero-order valence-electron chi connectivity index (χ0n) is 19.4. The summed E-state index contributed by atoms with van der Waals surface area (Å²) in [6, 6.07) is 13.5. The van der Waals surface area contributed by atoms with Gasteiger partial charge in [-0.3, -0.25) is 14.4 Å². The molecular formula is C23H29N7O3. The standard InChI is InChI=1S/C23H29N7O3/c1-16(31)26-21(22(32)27-24-14-17-6-10-19(11-7-17)29(2)3)23(33)28-25-15-18-8-12-20(13-9-18)30(4)5/h6-15,21H,1-5H3,(H,26,31)(H,27,32)(H,28,33). The minimum atomic E-state index is -1.50. The van der Waals surface area contributed by atoms with Gasteiger partial charge in [-0.25, -0.2) is 10.9 Å². The number of nitrogens with zero attached hydrogens (tertiary/aromatic N) is 4. The highest BCUT2D eigenvalue weighted by molar-refractivity contribution is 6.07. The maximum atomic E-state index is 12.4. The van der Waals surface area contributed by atoms with E-state index in [0.717, 1.165) is 22.5 Å². The second-order valence-electron chi connectivity index (χ2n) is 7.57. The first-order valence-corrected chi connectivity index (χ1v) is 10.1. The molecule has 2 aromatic rings. The van der Waals surface area contributed by atoms with Gasteiger partial charge in [0.25, 0.3) is 11.8 Å². The number of carbonyl (C=O) groups excluding carboxylic acids is 3. The smallest absolute Gasteiger partial charge is 0.272 e. The van der Waals surface area contributed by atoms with Crippen LogP contribution in [-0.4, -0.2) is 64.4 Å². The van der Waals surface area contributed by atoms with E-state index in [4.69, 9.17) is 0 Å². The Hall–Kier alpha value is -4.21. The molecule has 0 heterocycles. The highest BCUT2D eigenvalue weighted by Crippen LogP contribution is 2.11. The number of benzene rings is 2. The molecule has 3 N–H and O–H groups in total. The number of carbonyl (C=O) groups is 3. The van der Waals surface area contributed by atoms with Crippen molar-refractivity contribution in [3.8, 4) is 0 Å². The molecule has 0 saturated heterocycles. The third-order valence-electron chi connectivity index (χ3n) is 4.47. The first kappa shape index (κ1) is 25.1. The molecular weight excluding hydrogens is 422 g/mol. The Bertz CT molecular complexity index is 938. The summed E-state index contributed by atoms with van der Waals surface area (Å²) in [6.07, 6.45) is 2.88. The normalized spacial score (nSPS) is 11.8. The highest BCUT2D eigenvalue weighted by atomic mass is 16.2. The van der Waals surface area contributed by atoms with Crippen molar-refractivity contribution < 1.29 is 14.4 Å². The van der Waals surface area contributed by atoms with Gasteiger partial charge in [0.2, 0.25) is 5.91 Å². The van der Waals surface area contributed by atoms with E-state index in [1.807, 2.05) is 86.5 Å². The summed E-state index contributed by atoms with van der Waals surface area (Å²) in [5, 5.41) is 10.0. The third kappa shape index (κ3) is 8.09. The van der Waals surface area contributed by atoms with E-state index in [1.54, 1.807) is 0 Å². The number of hydrazone groups is 2. The Morgan fingerprint density at radius 3 is 1.39 bits per heavy atom. The molecule has 0 bridgehead atoms. The van der Waals surface area contributed by atoms with Crippen molar-refractivity contribution in [2.75, 3.05) is 38.0 Å². The molecule has 2 aromatic carbocycles. The van der Waals surface area contributed by atoms with E-state index in [-0.39, 0.29) is 0 Å². The lowest BCUT2D eigenvalue weighted by Gasteiger charge is -2.14. The van der Waals surface area contributed by atoms with Gasteiger partial charge in [0.15, 0.2) is 6.04 Å². The number of nitrogens with one attached hydrogen (secondary N) is 3. The van der Waals surface area contributed by atoms with E-state index in [2.05, 4.69) is 26.4 Å². The zero-order chi connectivity index (χ0) is 24.4. The predicted molar refractivity (Wildman–Crippen MR) is 131 cm³/mol. The quantitative estimate of drug-likeness (QED) is 0.298. The van der Waals surface area contributed by atoms with Crippen molar-refractivity contribution in [2.45, 2.75) is 13.0 Å². The Labute approximate surface area is 193 Å². The van der Waals surface area contributed by atoms with Gasteiger partial charge in [-0.2, -0.15) is 10.2 Å². The fourth-order valence-corrected chi connectivity index (χ4v) is 2.64. The average Bonchev–Trinajstić information content (AvgIpc) is 2.77. The Morgan fingerprint density at radius 1 is 0.727 bits per heavy atom. The molecule has 33 heavy (non-hydrogen) atoms. The number of anilines is 2. The molecule has 0 radical (unpaired) electrons. The van der Waals surface area contributed by atoms with Crippen molar-refractivity contribution >= 4 is 41.5 Å². The van der Waals surface area contributed by atoms with Crippen LogP contribution < -0.4 is 26.0 Å². The molecule has 3 amide bonds. The van der Waals surface area contributed by atoms with Crippen LogP contribution >= 0.6 is 0 Å². The van der Waals surface area contributed by atoms with Crippen molar-refractivity contribution in [2.24, 2.45) is 10.2 Å². The lowest BCUT2D eigenvalue weighted by molar-refractivity contribution is -0.136. The van der Waals surface area contributed by atoms with Gasteiger partial charge in [0, 0.05) is 46.5 Å². The van der Waals surface area contributed by atoms with Crippen LogP contribution in [0.15, 0.2) is 58.7 Å². The molecule has 0 aliphatic carbocycles. The van der Waals surface area contributed by atoms with Gasteiger partial charge in [-0.15, -0.1) is 0 Å². The topological polar surface area (TPSA) is 118 Å². The summed E-state index contributed by atoms with van der Waals surface area (Å²) in [5.74, 6) is -2.14. The van der Waals surface area contributed by atoms with Crippen LogP contribution in [-0.2, 0) is 14.4 Å². The fourth-order valence-electron chi connectivity index (χ4n) is 2.64. The van der Waals surface area contributed by atoms with E-state index in [0.29, 0.717) is 0 Å². The van der Waals surface area contributed by atoms with Gasteiger partial charge in [-0.05, 0) is 35.4 Å². The largest absolute Gasteiger partial charge is 0.378 e. The Balaban J connectivity index is 1.97. The maximum absolute atomic E-state index is 12.4. The molecule has 0 unspecified atom stereocenters. The van der Waals surface area contributed by atoms with Crippen LogP contribution in [0.3, 0.4) is 0 Å². The summed E-state index contributed by atoms with van der Waals surface area (Å²) in [4.78, 5) is 40.2. The van der Waals surface area contributed by atoms with Crippen LogP contribution in [0, 0.1) is 0 Å². The molecule has 10 nitrogen and oxygen atoms in total. The fraction of sp³-hybridized carbons (Fsp3) is 0.261. The predicted octanol–water partition coefficient (Wildman–Crippen LogP) is 0.924. The summed E-state index contributed by atoms with van der Waals surface area (Å²) >= 11 is 0. The van der Waals surface area contributed by atoms with Gasteiger partial charge in [0.05, 0.1) is 12.4 Å². The molecule has 0 atom stereocenters. The average molecular weight is 452 g/mol. The number of hydrogen-bond donors (Lipinski definition) is 3. The van der Waals surface area contributed by atoms with Crippen LogP contribution in [0.4, 0.5) is 11.4 Å². The van der Waals surface area contributed by atoms with Gasteiger partial charge in [0.1, 0.15) is 0 Å². The molecule has 0 aliphatic rings. The third-order valence-corrected chi connectivity index (χ3v) is 4.47. The number of amides is 3. The molecule has 0 aromatic heterocycles. The molecule has 0 fully saturated rings. The minimum Gasteiger partial charge on any atom is -0.378 e. The SMILES string of the molecule is CC(=O)NC(C(=O)NN=Cc1ccc(N(C)C)cc1)C(=O)NN=Cc1ccc(N(C)C)cc1. The summed E-state index contributed by atoms with van der Waals surface area (Å²) < 4.78 is 0. The summed E-state index contributed by atoms with van der Waals surface area (Å²) in [5.41, 5.74) is 8.09. The van der Waals surface area contributed by atoms with E-state index in [9.17, 15) is 14.4 Å². The first-order valence-electron chi connectivity index (χ1n) is 10.1. The maximum Gasteiger partial charge on any atom is 0.272 e. The molecule has 10 heteroatoms.